The Morgan fingerprint density at radius 2 is 2.05 bits per heavy atom. The van der Waals surface area contributed by atoms with Gasteiger partial charge in [-0.1, -0.05) is 6.42 Å². The molecule has 6 heteroatoms. The highest BCUT2D eigenvalue weighted by atomic mass is 16.1. The maximum atomic E-state index is 11.9. The van der Waals surface area contributed by atoms with Crippen molar-refractivity contribution in [1.29, 1.82) is 0 Å². The van der Waals surface area contributed by atoms with E-state index in [0.29, 0.717) is 18.1 Å². The first-order valence-electron chi connectivity index (χ1n) is 7.36. The minimum Gasteiger partial charge on any atom is -0.369 e. The summed E-state index contributed by atoms with van der Waals surface area (Å²) in [5, 5.41) is 5.94. The third-order valence-electron chi connectivity index (χ3n) is 3.40. The molecule has 0 saturated carbocycles. The predicted octanol–water partition coefficient (Wildman–Crippen LogP) is 1.12. The van der Waals surface area contributed by atoms with E-state index in [1.54, 1.807) is 6.20 Å². The van der Waals surface area contributed by atoms with Gasteiger partial charge in [0.2, 0.25) is 0 Å². The SMILES string of the molecule is CCNc1cnc(C(=O)NCCN2CCCCC2)cn1. The third-order valence-corrected chi connectivity index (χ3v) is 3.40. The van der Waals surface area contributed by atoms with Crippen LogP contribution < -0.4 is 10.6 Å². The highest BCUT2D eigenvalue weighted by Crippen LogP contribution is 2.07. The summed E-state index contributed by atoms with van der Waals surface area (Å²) in [7, 11) is 0. The number of anilines is 1. The van der Waals surface area contributed by atoms with Crippen LogP contribution in [0.15, 0.2) is 12.4 Å². The van der Waals surface area contributed by atoms with Crippen LogP contribution in [0.25, 0.3) is 0 Å². The summed E-state index contributed by atoms with van der Waals surface area (Å²) in [6, 6.07) is 0. The van der Waals surface area contributed by atoms with Gasteiger partial charge in [0, 0.05) is 19.6 Å². The molecule has 1 amide bonds. The van der Waals surface area contributed by atoms with E-state index >= 15 is 0 Å². The number of nitrogens with zero attached hydrogens (tertiary/aromatic N) is 3. The molecule has 2 heterocycles. The van der Waals surface area contributed by atoms with Crippen molar-refractivity contribution in [1.82, 2.24) is 20.2 Å². The van der Waals surface area contributed by atoms with Crippen LogP contribution in [0.3, 0.4) is 0 Å². The van der Waals surface area contributed by atoms with Crippen molar-refractivity contribution in [2.75, 3.05) is 38.0 Å². The van der Waals surface area contributed by atoms with Crippen LogP contribution in [0.1, 0.15) is 36.7 Å². The Balaban J connectivity index is 1.73. The molecular weight excluding hydrogens is 254 g/mol. The van der Waals surface area contributed by atoms with Gasteiger partial charge in [-0.3, -0.25) is 4.79 Å². The number of piperidine rings is 1. The largest absolute Gasteiger partial charge is 0.369 e. The molecule has 1 aromatic rings. The minimum atomic E-state index is -0.155. The van der Waals surface area contributed by atoms with E-state index < -0.39 is 0 Å². The predicted molar refractivity (Wildman–Crippen MR) is 78.8 cm³/mol. The zero-order valence-electron chi connectivity index (χ0n) is 12.1. The van der Waals surface area contributed by atoms with Crippen molar-refractivity contribution >= 4 is 11.7 Å². The fourth-order valence-corrected chi connectivity index (χ4v) is 2.32. The number of nitrogens with one attached hydrogen (secondary N) is 2. The molecule has 1 aliphatic heterocycles. The highest BCUT2D eigenvalue weighted by molar-refractivity contribution is 5.91. The van der Waals surface area contributed by atoms with Gasteiger partial charge < -0.3 is 15.5 Å². The van der Waals surface area contributed by atoms with Crippen LogP contribution in [-0.4, -0.2) is 53.5 Å². The lowest BCUT2D eigenvalue weighted by atomic mass is 10.1. The van der Waals surface area contributed by atoms with Gasteiger partial charge in [-0.2, -0.15) is 0 Å². The van der Waals surface area contributed by atoms with E-state index in [1.165, 1.54) is 25.5 Å². The Bertz CT molecular complexity index is 414. The molecule has 1 aromatic heterocycles. The van der Waals surface area contributed by atoms with Gasteiger partial charge in [0.05, 0.1) is 12.4 Å². The van der Waals surface area contributed by atoms with Crippen molar-refractivity contribution in [2.45, 2.75) is 26.2 Å². The normalized spacial score (nSPS) is 15.8. The molecule has 2 N–H and O–H groups in total. The summed E-state index contributed by atoms with van der Waals surface area (Å²) in [5.74, 6) is 0.537. The van der Waals surface area contributed by atoms with Crippen molar-refractivity contribution in [3.63, 3.8) is 0 Å². The quantitative estimate of drug-likeness (QED) is 0.815. The van der Waals surface area contributed by atoms with Crippen molar-refractivity contribution in [2.24, 2.45) is 0 Å². The molecule has 20 heavy (non-hydrogen) atoms. The van der Waals surface area contributed by atoms with Gasteiger partial charge in [0.1, 0.15) is 11.5 Å². The molecule has 0 aliphatic carbocycles. The summed E-state index contributed by atoms with van der Waals surface area (Å²) >= 11 is 0. The minimum absolute atomic E-state index is 0.155. The highest BCUT2D eigenvalue weighted by Gasteiger charge is 2.11. The van der Waals surface area contributed by atoms with Gasteiger partial charge in [0.15, 0.2) is 0 Å². The Kier molecular flexibility index (Phi) is 5.73. The molecule has 110 valence electrons. The first-order chi connectivity index (χ1) is 9.79. The average molecular weight is 277 g/mol. The zero-order valence-corrected chi connectivity index (χ0v) is 12.1. The molecule has 0 spiro atoms. The Morgan fingerprint density at radius 3 is 2.70 bits per heavy atom. The second kappa shape index (κ2) is 7.79. The Morgan fingerprint density at radius 1 is 1.25 bits per heavy atom. The third kappa shape index (κ3) is 4.45. The standard InChI is InChI=1S/C14H23N5O/c1-2-15-13-11-17-12(10-18-13)14(20)16-6-9-19-7-4-3-5-8-19/h10-11H,2-9H2,1H3,(H,15,18)(H,16,20). The number of rotatable bonds is 6. The van der Waals surface area contributed by atoms with E-state index in [2.05, 4.69) is 25.5 Å². The fourth-order valence-electron chi connectivity index (χ4n) is 2.32. The molecule has 1 aliphatic rings. The van der Waals surface area contributed by atoms with Crippen LogP contribution in [0, 0.1) is 0 Å². The van der Waals surface area contributed by atoms with Gasteiger partial charge in [-0.25, -0.2) is 9.97 Å². The Hall–Kier alpha value is -1.69. The summed E-state index contributed by atoms with van der Waals surface area (Å²) < 4.78 is 0. The molecule has 6 nitrogen and oxygen atoms in total. The first-order valence-corrected chi connectivity index (χ1v) is 7.36. The number of hydrogen-bond acceptors (Lipinski definition) is 5. The number of carbonyl (C=O) groups excluding carboxylic acids is 1. The molecule has 0 radical (unpaired) electrons. The second-order valence-corrected chi connectivity index (χ2v) is 4.98. The van der Waals surface area contributed by atoms with Gasteiger partial charge in [-0.05, 0) is 32.9 Å². The van der Waals surface area contributed by atoms with E-state index in [9.17, 15) is 4.79 Å². The first kappa shape index (κ1) is 14.7. The van der Waals surface area contributed by atoms with Crippen LogP contribution in [-0.2, 0) is 0 Å². The van der Waals surface area contributed by atoms with E-state index in [-0.39, 0.29) is 5.91 Å². The van der Waals surface area contributed by atoms with Gasteiger partial charge in [0.25, 0.3) is 5.91 Å². The molecular formula is C14H23N5O. The van der Waals surface area contributed by atoms with Crippen molar-refractivity contribution < 1.29 is 4.79 Å². The molecule has 0 aromatic carbocycles. The lowest BCUT2D eigenvalue weighted by molar-refractivity contribution is 0.0941. The zero-order chi connectivity index (χ0) is 14.2. The maximum absolute atomic E-state index is 11.9. The lowest BCUT2D eigenvalue weighted by Crippen LogP contribution is -2.37. The van der Waals surface area contributed by atoms with Gasteiger partial charge in [-0.15, -0.1) is 0 Å². The van der Waals surface area contributed by atoms with Crippen molar-refractivity contribution in [3.05, 3.63) is 18.1 Å². The number of amides is 1. The van der Waals surface area contributed by atoms with E-state index in [4.69, 9.17) is 0 Å². The van der Waals surface area contributed by atoms with Crippen LogP contribution >= 0.6 is 0 Å². The molecule has 0 bridgehead atoms. The van der Waals surface area contributed by atoms with E-state index in [0.717, 1.165) is 26.2 Å². The number of carbonyl (C=O) groups is 1. The van der Waals surface area contributed by atoms with Gasteiger partial charge >= 0.3 is 0 Å². The molecule has 0 atom stereocenters. The smallest absolute Gasteiger partial charge is 0.271 e. The lowest BCUT2D eigenvalue weighted by Gasteiger charge is -2.26. The summed E-state index contributed by atoms with van der Waals surface area (Å²) in [6.45, 7) is 6.64. The van der Waals surface area contributed by atoms with Crippen LogP contribution in [0.2, 0.25) is 0 Å². The summed E-state index contributed by atoms with van der Waals surface area (Å²) in [5.41, 5.74) is 0.366. The van der Waals surface area contributed by atoms with Crippen LogP contribution in [0.5, 0.6) is 0 Å². The molecule has 1 saturated heterocycles. The summed E-state index contributed by atoms with van der Waals surface area (Å²) in [6.07, 6.45) is 6.96. The van der Waals surface area contributed by atoms with Crippen LogP contribution in [0.4, 0.5) is 5.82 Å². The number of hydrogen-bond donors (Lipinski definition) is 2. The Labute approximate surface area is 120 Å². The number of aromatic nitrogens is 2. The molecule has 1 fully saturated rings. The second-order valence-electron chi connectivity index (χ2n) is 4.98. The molecule has 2 rings (SSSR count). The van der Waals surface area contributed by atoms with E-state index in [1.807, 2.05) is 6.92 Å². The number of likely N-dealkylation sites (tertiary alicyclic amines) is 1. The molecule has 0 unspecified atom stereocenters. The fraction of sp³-hybridized carbons (Fsp3) is 0.643. The topological polar surface area (TPSA) is 70.2 Å². The monoisotopic (exact) mass is 277 g/mol. The average Bonchev–Trinajstić information content (AvgIpc) is 2.49. The van der Waals surface area contributed by atoms with Crippen molar-refractivity contribution in [3.8, 4) is 0 Å². The maximum Gasteiger partial charge on any atom is 0.271 e. The summed E-state index contributed by atoms with van der Waals surface area (Å²) in [4.78, 5) is 22.6.